The molecule has 1 fully saturated rings. The van der Waals surface area contributed by atoms with Crippen LogP contribution >= 0.6 is 0 Å². The highest BCUT2D eigenvalue weighted by Crippen LogP contribution is 2.33. The van der Waals surface area contributed by atoms with E-state index in [1.165, 1.54) is 7.11 Å². The predicted octanol–water partition coefficient (Wildman–Crippen LogP) is 2.62. The third-order valence-corrected chi connectivity index (χ3v) is 7.88. The van der Waals surface area contributed by atoms with Crippen molar-refractivity contribution in [3.63, 3.8) is 0 Å². The second-order valence-corrected chi connectivity index (χ2v) is 11.5. The molecule has 3 aromatic carbocycles. The minimum atomic E-state index is -2.03. The summed E-state index contributed by atoms with van der Waals surface area (Å²) in [6.45, 7) is 1.07. The quantitative estimate of drug-likeness (QED) is 0.109. The lowest BCUT2D eigenvalue weighted by atomic mass is 9.98. The Balaban J connectivity index is 1.35. The van der Waals surface area contributed by atoms with Crippen LogP contribution in [0.25, 0.3) is 21.8 Å². The standard InChI is InChI=1S/C35H38N2O14/c1-19(38)48-30-29(41)31(33(42)43)50-34(32(30)49-20(2)39)51-35(44)37(15-16-46-26-13-7-6-12-25(26)45-3)17-21(40)18-47-27-14-8-11-24-28(27)22-9-4-5-10-23(22)36-24/h4-14,21,29-32,34,36,40-41H,15-18H2,1-3H3,(H,42,43)/t21?,29-,30-,31-,32+,34-/m0/s1. The number of esters is 2. The molecule has 1 amide bonds. The number of aromatic nitrogens is 1. The van der Waals surface area contributed by atoms with Crippen LogP contribution in [0.1, 0.15) is 13.8 Å². The molecule has 2 heterocycles. The fourth-order valence-electron chi connectivity index (χ4n) is 5.68. The Kier molecular flexibility index (Phi) is 11.8. The largest absolute Gasteiger partial charge is 0.493 e. The lowest BCUT2D eigenvalue weighted by molar-refractivity contribution is -0.286. The molecule has 0 bridgehead atoms. The monoisotopic (exact) mass is 710 g/mol. The summed E-state index contributed by atoms with van der Waals surface area (Å²) < 4.78 is 38.3. The predicted molar refractivity (Wildman–Crippen MR) is 177 cm³/mol. The first-order chi connectivity index (χ1) is 24.5. The second kappa shape index (κ2) is 16.4. The number of amides is 1. The molecule has 1 aliphatic heterocycles. The molecule has 1 unspecified atom stereocenters. The smallest absolute Gasteiger partial charge is 0.412 e. The fraction of sp³-hybridized carbons (Fsp3) is 0.371. The SMILES string of the molecule is COc1ccccc1OCCN(CC(O)COc1cccc2[nH]c3ccccc3c12)C(=O)O[C@@H]1O[C@H](C(=O)O)[C@@H](O)[C@H](OC(C)=O)[C@H]1OC(C)=O. The Morgan fingerprint density at radius 2 is 1.49 bits per heavy atom. The van der Waals surface area contributed by atoms with Crippen LogP contribution in [0.5, 0.6) is 17.2 Å². The van der Waals surface area contributed by atoms with Gasteiger partial charge in [0.05, 0.1) is 25.7 Å². The molecule has 0 spiro atoms. The lowest BCUT2D eigenvalue weighted by Crippen LogP contribution is -2.63. The summed E-state index contributed by atoms with van der Waals surface area (Å²) in [5.74, 6) is -2.23. The number of carbonyl (C=O) groups is 4. The lowest BCUT2D eigenvalue weighted by Gasteiger charge is -2.41. The third-order valence-electron chi connectivity index (χ3n) is 7.88. The van der Waals surface area contributed by atoms with Gasteiger partial charge in [0.1, 0.15) is 31.2 Å². The minimum absolute atomic E-state index is 0.122. The van der Waals surface area contributed by atoms with Crippen molar-refractivity contribution < 1.29 is 67.7 Å². The maximum Gasteiger partial charge on any atom is 0.412 e. The van der Waals surface area contributed by atoms with Gasteiger partial charge < -0.3 is 58.4 Å². The summed E-state index contributed by atoms with van der Waals surface area (Å²) >= 11 is 0. The number of hydrogen-bond donors (Lipinski definition) is 4. The highest BCUT2D eigenvalue weighted by molar-refractivity contribution is 6.10. The summed E-state index contributed by atoms with van der Waals surface area (Å²) in [7, 11) is 1.47. The van der Waals surface area contributed by atoms with Crippen LogP contribution in [0.3, 0.4) is 0 Å². The zero-order valence-corrected chi connectivity index (χ0v) is 27.9. The van der Waals surface area contributed by atoms with Gasteiger partial charge in [-0.05, 0) is 30.3 Å². The molecule has 0 saturated carbocycles. The first-order valence-corrected chi connectivity index (χ1v) is 15.9. The number of para-hydroxylation sites is 3. The molecule has 6 atom stereocenters. The van der Waals surface area contributed by atoms with Gasteiger partial charge in [0.25, 0.3) is 0 Å². The molecular formula is C35H38N2O14. The average molecular weight is 711 g/mol. The normalized spacial score (nSPS) is 20.6. The Hall–Kier alpha value is -5.58. The maximum atomic E-state index is 13.7. The van der Waals surface area contributed by atoms with E-state index in [1.54, 1.807) is 36.4 Å². The number of aliphatic hydroxyl groups excluding tert-OH is 2. The molecule has 1 aromatic heterocycles. The van der Waals surface area contributed by atoms with E-state index in [2.05, 4.69) is 4.98 Å². The van der Waals surface area contributed by atoms with Crippen molar-refractivity contribution in [3.05, 3.63) is 66.7 Å². The minimum Gasteiger partial charge on any atom is -0.493 e. The number of aromatic amines is 1. The van der Waals surface area contributed by atoms with E-state index < -0.39 is 60.8 Å². The number of hydrogen-bond acceptors (Lipinski definition) is 13. The van der Waals surface area contributed by atoms with Gasteiger partial charge in [0, 0.05) is 30.1 Å². The van der Waals surface area contributed by atoms with Crippen LogP contribution in [-0.2, 0) is 33.3 Å². The Labute approximate surface area is 291 Å². The highest BCUT2D eigenvalue weighted by Gasteiger charge is 2.53. The molecule has 0 radical (unpaired) electrons. The highest BCUT2D eigenvalue weighted by atomic mass is 16.7. The van der Waals surface area contributed by atoms with Crippen molar-refractivity contribution in [1.29, 1.82) is 0 Å². The number of fused-ring (bicyclic) bond motifs is 3. The number of carboxylic acids is 1. The number of nitrogens with zero attached hydrogens (tertiary/aromatic N) is 1. The number of rotatable bonds is 14. The number of nitrogens with one attached hydrogen (secondary N) is 1. The number of aliphatic hydroxyl groups is 2. The molecule has 1 aliphatic rings. The van der Waals surface area contributed by atoms with E-state index in [-0.39, 0.29) is 26.3 Å². The zero-order chi connectivity index (χ0) is 36.7. The Morgan fingerprint density at radius 1 is 0.843 bits per heavy atom. The molecule has 0 aliphatic carbocycles. The molecule has 16 nitrogen and oxygen atoms in total. The van der Waals surface area contributed by atoms with Gasteiger partial charge in [0.2, 0.25) is 12.4 Å². The Bertz CT molecular complexity index is 1860. The molecule has 16 heteroatoms. The summed E-state index contributed by atoms with van der Waals surface area (Å²) in [6, 6.07) is 19.9. The molecule has 5 rings (SSSR count). The third kappa shape index (κ3) is 8.78. The van der Waals surface area contributed by atoms with Gasteiger partial charge in [-0.15, -0.1) is 0 Å². The van der Waals surface area contributed by atoms with E-state index in [0.29, 0.717) is 17.2 Å². The fourth-order valence-corrected chi connectivity index (χ4v) is 5.68. The van der Waals surface area contributed by atoms with Crippen LogP contribution in [-0.4, -0.2) is 119 Å². The van der Waals surface area contributed by atoms with Gasteiger partial charge in [0.15, 0.2) is 23.7 Å². The van der Waals surface area contributed by atoms with Gasteiger partial charge in [-0.3, -0.25) is 9.59 Å². The van der Waals surface area contributed by atoms with Crippen molar-refractivity contribution in [1.82, 2.24) is 9.88 Å². The van der Waals surface area contributed by atoms with Crippen molar-refractivity contribution >= 4 is 45.8 Å². The number of methoxy groups -OCH3 is 1. The molecule has 1 saturated heterocycles. The van der Waals surface area contributed by atoms with Crippen LogP contribution in [0.2, 0.25) is 0 Å². The average Bonchev–Trinajstić information content (AvgIpc) is 3.48. The van der Waals surface area contributed by atoms with Crippen LogP contribution in [0, 0.1) is 0 Å². The molecule has 4 N–H and O–H groups in total. The number of aliphatic carboxylic acids is 1. The Morgan fingerprint density at radius 3 is 2.20 bits per heavy atom. The summed E-state index contributed by atoms with van der Waals surface area (Å²) in [5.41, 5.74) is 1.73. The molecule has 272 valence electrons. The number of H-pyrrole nitrogens is 1. The van der Waals surface area contributed by atoms with Crippen LogP contribution in [0.15, 0.2) is 66.7 Å². The van der Waals surface area contributed by atoms with Crippen molar-refractivity contribution in [2.45, 2.75) is 50.7 Å². The van der Waals surface area contributed by atoms with E-state index in [0.717, 1.165) is 40.6 Å². The molecule has 51 heavy (non-hydrogen) atoms. The van der Waals surface area contributed by atoms with Crippen molar-refractivity contribution in [2.24, 2.45) is 0 Å². The van der Waals surface area contributed by atoms with Crippen molar-refractivity contribution in [2.75, 3.05) is 33.4 Å². The van der Waals surface area contributed by atoms with E-state index >= 15 is 0 Å². The summed E-state index contributed by atoms with van der Waals surface area (Å²) in [4.78, 5) is 53.9. The van der Waals surface area contributed by atoms with Crippen LogP contribution < -0.4 is 14.2 Å². The van der Waals surface area contributed by atoms with Crippen molar-refractivity contribution in [3.8, 4) is 17.2 Å². The van der Waals surface area contributed by atoms with Gasteiger partial charge in [-0.2, -0.15) is 0 Å². The number of carboxylic acid groups (broad SMARTS) is 1. The number of ether oxygens (including phenoxy) is 7. The first-order valence-electron chi connectivity index (χ1n) is 15.9. The topological polar surface area (TPSA) is 213 Å². The first kappa shape index (κ1) is 36.7. The van der Waals surface area contributed by atoms with E-state index in [9.17, 15) is 34.5 Å². The summed E-state index contributed by atoms with van der Waals surface area (Å²) in [6.07, 6.45) is -11.9. The summed E-state index contributed by atoms with van der Waals surface area (Å²) in [5, 5.41) is 33.2. The van der Waals surface area contributed by atoms with E-state index in [4.69, 9.17) is 33.2 Å². The van der Waals surface area contributed by atoms with E-state index in [1.807, 2.05) is 30.3 Å². The second-order valence-electron chi connectivity index (χ2n) is 11.5. The van der Waals surface area contributed by atoms with Gasteiger partial charge in [-0.25, -0.2) is 9.59 Å². The maximum absolute atomic E-state index is 13.7. The molecule has 4 aromatic rings. The zero-order valence-electron chi connectivity index (χ0n) is 27.9. The van der Waals surface area contributed by atoms with Gasteiger partial charge >= 0.3 is 24.0 Å². The molecular weight excluding hydrogens is 672 g/mol. The number of carbonyl (C=O) groups excluding carboxylic acids is 3. The number of benzene rings is 3. The van der Waals surface area contributed by atoms with Gasteiger partial charge in [-0.1, -0.05) is 36.4 Å². The van der Waals surface area contributed by atoms with Crippen LogP contribution in [0.4, 0.5) is 4.79 Å².